The number of hydrogen-bond donors (Lipinski definition) is 0. The average molecular weight is 374 g/mol. The van der Waals surface area contributed by atoms with Crippen molar-refractivity contribution in [2.75, 3.05) is 31.2 Å². The van der Waals surface area contributed by atoms with Crippen molar-refractivity contribution in [2.24, 2.45) is 0 Å². The van der Waals surface area contributed by atoms with Gasteiger partial charge in [0.1, 0.15) is 0 Å². The highest BCUT2D eigenvalue weighted by Gasteiger charge is 2.12. The van der Waals surface area contributed by atoms with Crippen LogP contribution in [0.25, 0.3) is 0 Å². The number of rotatable bonds is 5. The van der Waals surface area contributed by atoms with Crippen LogP contribution in [-0.4, -0.2) is 32.1 Å². The van der Waals surface area contributed by atoms with Gasteiger partial charge in [-0.15, -0.1) is 0 Å². The minimum atomic E-state index is 0.189. The molecule has 1 heterocycles. The Hall–Kier alpha value is -1.65. The Labute approximate surface area is 145 Å². The first kappa shape index (κ1) is 16.2. The van der Waals surface area contributed by atoms with E-state index in [9.17, 15) is 4.79 Å². The van der Waals surface area contributed by atoms with E-state index in [4.69, 9.17) is 4.74 Å². The maximum Gasteiger partial charge on any atom is 0.163 e. The standard InChI is InChI=1S/C19H20BrNO2/c20-18-4-2-1-3-15(18)7-10-19(22)16-5-8-17(9-6-16)21-11-13-23-14-12-21/h1-6,8-9H,7,10-14H2. The van der Waals surface area contributed by atoms with Gasteiger partial charge in [0.15, 0.2) is 5.78 Å². The van der Waals surface area contributed by atoms with Crippen LogP contribution in [0.1, 0.15) is 22.3 Å². The number of halogens is 1. The summed E-state index contributed by atoms with van der Waals surface area (Å²) in [4.78, 5) is 14.7. The second-order valence-electron chi connectivity index (χ2n) is 5.66. The minimum Gasteiger partial charge on any atom is -0.378 e. The van der Waals surface area contributed by atoms with E-state index >= 15 is 0 Å². The fourth-order valence-electron chi connectivity index (χ4n) is 2.77. The third-order valence-electron chi connectivity index (χ3n) is 4.14. The lowest BCUT2D eigenvalue weighted by Crippen LogP contribution is -2.36. The Morgan fingerprint density at radius 1 is 1.04 bits per heavy atom. The highest BCUT2D eigenvalue weighted by atomic mass is 79.9. The third kappa shape index (κ3) is 4.21. The van der Waals surface area contributed by atoms with Gasteiger partial charge in [-0.1, -0.05) is 34.1 Å². The maximum absolute atomic E-state index is 12.4. The number of carbonyl (C=O) groups excluding carboxylic acids is 1. The second kappa shape index (κ2) is 7.75. The Balaban J connectivity index is 1.60. The molecular weight excluding hydrogens is 354 g/mol. The van der Waals surface area contributed by atoms with Gasteiger partial charge in [-0.05, 0) is 42.3 Å². The van der Waals surface area contributed by atoms with Crippen LogP contribution in [0.3, 0.4) is 0 Å². The number of nitrogens with zero attached hydrogens (tertiary/aromatic N) is 1. The summed E-state index contributed by atoms with van der Waals surface area (Å²) in [7, 11) is 0. The van der Waals surface area contributed by atoms with Crippen molar-refractivity contribution in [2.45, 2.75) is 12.8 Å². The minimum absolute atomic E-state index is 0.189. The van der Waals surface area contributed by atoms with E-state index in [1.807, 2.05) is 42.5 Å². The SMILES string of the molecule is O=C(CCc1ccccc1Br)c1ccc(N2CCOCC2)cc1. The normalized spacial score (nSPS) is 14.7. The van der Waals surface area contributed by atoms with Gasteiger partial charge in [-0.3, -0.25) is 4.79 Å². The molecule has 0 radical (unpaired) electrons. The lowest BCUT2D eigenvalue weighted by atomic mass is 10.0. The zero-order valence-electron chi connectivity index (χ0n) is 13.0. The zero-order valence-corrected chi connectivity index (χ0v) is 14.6. The van der Waals surface area contributed by atoms with Crippen LogP contribution >= 0.6 is 15.9 Å². The number of aryl methyl sites for hydroxylation is 1. The Morgan fingerprint density at radius 3 is 2.43 bits per heavy atom. The fraction of sp³-hybridized carbons (Fsp3) is 0.316. The Bertz CT molecular complexity index is 663. The van der Waals surface area contributed by atoms with Crippen molar-refractivity contribution in [3.05, 3.63) is 64.1 Å². The lowest BCUT2D eigenvalue weighted by Gasteiger charge is -2.28. The van der Waals surface area contributed by atoms with Crippen molar-refractivity contribution in [1.29, 1.82) is 0 Å². The first-order valence-electron chi connectivity index (χ1n) is 7.93. The molecule has 0 unspecified atom stereocenters. The van der Waals surface area contributed by atoms with Gasteiger partial charge < -0.3 is 9.64 Å². The molecule has 0 aliphatic carbocycles. The first-order valence-corrected chi connectivity index (χ1v) is 8.73. The van der Waals surface area contributed by atoms with E-state index in [1.165, 1.54) is 5.56 Å². The molecule has 1 saturated heterocycles. The third-order valence-corrected chi connectivity index (χ3v) is 4.92. The topological polar surface area (TPSA) is 29.5 Å². The first-order chi connectivity index (χ1) is 11.2. The van der Waals surface area contributed by atoms with Crippen molar-refractivity contribution in [3.63, 3.8) is 0 Å². The number of ketones is 1. The molecule has 3 nitrogen and oxygen atoms in total. The van der Waals surface area contributed by atoms with E-state index in [1.54, 1.807) is 0 Å². The van der Waals surface area contributed by atoms with Crippen molar-refractivity contribution >= 4 is 27.4 Å². The molecule has 0 aromatic heterocycles. The Morgan fingerprint density at radius 2 is 1.74 bits per heavy atom. The van der Waals surface area contributed by atoms with Gasteiger partial charge in [0.2, 0.25) is 0 Å². The summed E-state index contributed by atoms with van der Waals surface area (Å²) < 4.78 is 6.43. The maximum atomic E-state index is 12.4. The predicted molar refractivity (Wildman–Crippen MR) is 96.3 cm³/mol. The van der Waals surface area contributed by atoms with E-state index in [0.717, 1.165) is 48.4 Å². The van der Waals surface area contributed by atoms with Crippen LogP contribution in [0, 0.1) is 0 Å². The second-order valence-corrected chi connectivity index (χ2v) is 6.52. The summed E-state index contributed by atoms with van der Waals surface area (Å²) in [6.07, 6.45) is 1.28. The van der Waals surface area contributed by atoms with Crippen LogP contribution in [0.5, 0.6) is 0 Å². The van der Waals surface area contributed by atoms with Gasteiger partial charge in [0, 0.05) is 35.2 Å². The molecule has 2 aromatic rings. The quantitative estimate of drug-likeness (QED) is 0.738. The van der Waals surface area contributed by atoms with E-state index in [0.29, 0.717) is 6.42 Å². The van der Waals surface area contributed by atoms with Gasteiger partial charge >= 0.3 is 0 Å². The molecule has 0 amide bonds. The molecule has 3 rings (SSSR count). The molecule has 0 atom stereocenters. The van der Waals surface area contributed by atoms with Crippen molar-refractivity contribution in [3.8, 4) is 0 Å². The van der Waals surface area contributed by atoms with Crippen molar-refractivity contribution < 1.29 is 9.53 Å². The van der Waals surface area contributed by atoms with Gasteiger partial charge in [-0.25, -0.2) is 0 Å². The van der Waals surface area contributed by atoms with Crippen LogP contribution < -0.4 is 4.90 Å². The summed E-state index contributed by atoms with van der Waals surface area (Å²) in [5.74, 6) is 0.189. The molecule has 1 aliphatic heterocycles. The number of anilines is 1. The molecular formula is C19H20BrNO2. The molecule has 0 bridgehead atoms. The lowest BCUT2D eigenvalue weighted by molar-refractivity contribution is 0.0982. The monoisotopic (exact) mass is 373 g/mol. The smallest absolute Gasteiger partial charge is 0.163 e. The molecule has 1 fully saturated rings. The molecule has 0 saturated carbocycles. The van der Waals surface area contributed by atoms with E-state index in [-0.39, 0.29) is 5.78 Å². The predicted octanol–water partition coefficient (Wildman–Crippen LogP) is 4.10. The number of carbonyl (C=O) groups is 1. The summed E-state index contributed by atoms with van der Waals surface area (Å²) in [6, 6.07) is 16.0. The zero-order chi connectivity index (χ0) is 16.1. The molecule has 23 heavy (non-hydrogen) atoms. The fourth-order valence-corrected chi connectivity index (χ4v) is 3.26. The molecule has 4 heteroatoms. The number of benzene rings is 2. The largest absolute Gasteiger partial charge is 0.378 e. The van der Waals surface area contributed by atoms with Gasteiger partial charge in [-0.2, -0.15) is 0 Å². The molecule has 2 aromatic carbocycles. The van der Waals surface area contributed by atoms with Crippen LogP contribution in [0.2, 0.25) is 0 Å². The summed E-state index contributed by atoms with van der Waals surface area (Å²) >= 11 is 3.53. The number of morpholine rings is 1. The van der Waals surface area contributed by atoms with Crippen LogP contribution in [0.4, 0.5) is 5.69 Å². The highest BCUT2D eigenvalue weighted by molar-refractivity contribution is 9.10. The molecule has 1 aliphatic rings. The Kier molecular flexibility index (Phi) is 5.47. The average Bonchev–Trinajstić information content (AvgIpc) is 2.62. The van der Waals surface area contributed by atoms with Crippen LogP contribution in [0.15, 0.2) is 53.0 Å². The van der Waals surface area contributed by atoms with Gasteiger partial charge in [0.25, 0.3) is 0 Å². The number of ether oxygens (including phenoxy) is 1. The number of Topliss-reactive ketones (excluding diaryl/α,β-unsaturated/α-hetero) is 1. The summed E-state index contributed by atoms with van der Waals surface area (Å²) in [5.41, 5.74) is 3.12. The van der Waals surface area contributed by atoms with Crippen LogP contribution in [-0.2, 0) is 11.2 Å². The van der Waals surface area contributed by atoms with E-state index in [2.05, 4.69) is 26.9 Å². The van der Waals surface area contributed by atoms with E-state index < -0.39 is 0 Å². The molecule has 0 spiro atoms. The summed E-state index contributed by atoms with van der Waals surface area (Å²) in [6.45, 7) is 3.37. The highest BCUT2D eigenvalue weighted by Crippen LogP contribution is 2.20. The number of hydrogen-bond acceptors (Lipinski definition) is 3. The molecule has 120 valence electrons. The van der Waals surface area contributed by atoms with Crippen molar-refractivity contribution in [1.82, 2.24) is 0 Å². The molecule has 0 N–H and O–H groups in total. The summed E-state index contributed by atoms with van der Waals surface area (Å²) in [5, 5.41) is 0. The van der Waals surface area contributed by atoms with Gasteiger partial charge in [0.05, 0.1) is 13.2 Å².